The van der Waals surface area contributed by atoms with Crippen molar-refractivity contribution >= 4 is 17.8 Å². The molecule has 5 atom stereocenters. The monoisotopic (exact) mass is 402 g/mol. The van der Waals surface area contributed by atoms with E-state index in [0.29, 0.717) is 11.5 Å². The van der Waals surface area contributed by atoms with Crippen LogP contribution >= 0.6 is 0 Å². The van der Waals surface area contributed by atoms with E-state index < -0.39 is 36.4 Å². The van der Waals surface area contributed by atoms with Gasteiger partial charge in [-0.15, -0.1) is 0 Å². The van der Waals surface area contributed by atoms with Gasteiger partial charge in [0.25, 0.3) is 0 Å². The molecule has 2 saturated carbocycles. The van der Waals surface area contributed by atoms with Gasteiger partial charge in [0, 0.05) is 10.8 Å². The van der Waals surface area contributed by atoms with Gasteiger partial charge in [0.1, 0.15) is 6.10 Å². The van der Waals surface area contributed by atoms with Gasteiger partial charge in [-0.2, -0.15) is 0 Å². The fourth-order valence-electron chi connectivity index (χ4n) is 5.19. The average molecular weight is 402 g/mol. The van der Waals surface area contributed by atoms with Crippen molar-refractivity contribution in [1.29, 1.82) is 0 Å². The highest BCUT2D eigenvalue weighted by atomic mass is 16.5. The number of rotatable bonds is 7. The number of amides is 1. The predicted octanol–water partition coefficient (Wildman–Crippen LogP) is 2.40. The van der Waals surface area contributed by atoms with Crippen LogP contribution in [-0.4, -0.2) is 35.1 Å². The second kappa shape index (κ2) is 7.78. The molecule has 7 nitrogen and oxygen atoms in total. The van der Waals surface area contributed by atoms with E-state index in [2.05, 4.69) is 26.1 Å². The third-order valence-electron chi connectivity index (χ3n) is 6.76. The first kappa shape index (κ1) is 21.3. The highest BCUT2D eigenvalue weighted by Crippen LogP contribution is 2.63. The Kier molecular flexibility index (Phi) is 5.72. The SMILES string of the molecule is CC12CCC(C1)C(C)(C)C2OC(=O)C(NC(=O)[C@@H](N)CC(=O)O)c1ccccc1. The van der Waals surface area contributed by atoms with Crippen molar-refractivity contribution in [3.05, 3.63) is 35.9 Å². The Morgan fingerprint density at radius 1 is 1.24 bits per heavy atom. The number of carbonyl (C=O) groups excluding carboxylic acids is 2. The standard InChI is InChI=1S/C22H30N2O5/c1-21(2)14-9-10-22(3,12-14)20(21)29-19(28)17(13-7-5-4-6-8-13)24-18(27)15(23)11-16(25)26/h4-8,14-15,17,20H,9-12,23H2,1-3H3,(H,24,27)(H,25,26)/t14?,15-,17?,20?,22?/m0/s1. The molecule has 1 amide bonds. The maximum Gasteiger partial charge on any atom is 0.333 e. The Labute approximate surface area is 171 Å². The second-order valence-corrected chi connectivity index (χ2v) is 9.29. The lowest BCUT2D eigenvalue weighted by molar-refractivity contribution is -0.168. The summed E-state index contributed by atoms with van der Waals surface area (Å²) >= 11 is 0. The lowest BCUT2D eigenvalue weighted by atomic mass is 9.70. The molecule has 2 aliphatic carbocycles. The second-order valence-electron chi connectivity index (χ2n) is 9.29. The van der Waals surface area contributed by atoms with Crippen LogP contribution in [0.3, 0.4) is 0 Å². The first-order chi connectivity index (χ1) is 13.5. The molecule has 1 aromatic rings. The lowest BCUT2D eigenvalue weighted by Crippen LogP contribution is -2.48. The quantitative estimate of drug-likeness (QED) is 0.603. The van der Waals surface area contributed by atoms with Crippen molar-refractivity contribution in [1.82, 2.24) is 5.32 Å². The number of hydrogen-bond acceptors (Lipinski definition) is 5. The van der Waals surface area contributed by atoms with Gasteiger partial charge in [0.2, 0.25) is 5.91 Å². The predicted molar refractivity (Wildman–Crippen MR) is 107 cm³/mol. The highest BCUT2D eigenvalue weighted by molar-refractivity contribution is 5.90. The van der Waals surface area contributed by atoms with Crippen LogP contribution in [0.1, 0.15) is 58.1 Å². The molecule has 2 aliphatic rings. The molecule has 4 N–H and O–H groups in total. The molecule has 4 unspecified atom stereocenters. The van der Waals surface area contributed by atoms with Gasteiger partial charge in [-0.3, -0.25) is 9.59 Å². The zero-order chi connectivity index (χ0) is 21.4. The molecule has 0 spiro atoms. The van der Waals surface area contributed by atoms with E-state index >= 15 is 0 Å². The Balaban J connectivity index is 1.80. The number of nitrogens with one attached hydrogen (secondary N) is 1. The van der Waals surface area contributed by atoms with Crippen molar-refractivity contribution in [2.75, 3.05) is 0 Å². The molecule has 2 fully saturated rings. The Bertz CT molecular complexity index is 789. The van der Waals surface area contributed by atoms with E-state index in [-0.39, 0.29) is 16.9 Å². The smallest absolute Gasteiger partial charge is 0.333 e. The van der Waals surface area contributed by atoms with Gasteiger partial charge in [-0.25, -0.2) is 4.79 Å². The summed E-state index contributed by atoms with van der Waals surface area (Å²) in [6.45, 7) is 6.44. The first-order valence-corrected chi connectivity index (χ1v) is 10.1. The molecule has 0 heterocycles. The first-order valence-electron chi connectivity index (χ1n) is 10.1. The maximum atomic E-state index is 13.2. The highest BCUT2D eigenvalue weighted by Gasteiger charge is 2.61. The summed E-state index contributed by atoms with van der Waals surface area (Å²) in [4.78, 5) is 36.5. The summed E-state index contributed by atoms with van der Waals surface area (Å²) in [6.07, 6.45) is 2.43. The van der Waals surface area contributed by atoms with Crippen molar-refractivity contribution in [2.24, 2.45) is 22.5 Å². The Hall–Kier alpha value is -2.41. The Morgan fingerprint density at radius 3 is 2.45 bits per heavy atom. The molecular weight excluding hydrogens is 372 g/mol. The number of esters is 1. The molecule has 0 saturated heterocycles. The minimum Gasteiger partial charge on any atom is -0.481 e. The number of carboxylic acids is 1. The van der Waals surface area contributed by atoms with Crippen LogP contribution in [0.25, 0.3) is 0 Å². The summed E-state index contributed by atoms with van der Waals surface area (Å²) in [5, 5.41) is 11.5. The number of carboxylic acid groups (broad SMARTS) is 1. The third-order valence-corrected chi connectivity index (χ3v) is 6.76. The fraction of sp³-hybridized carbons (Fsp3) is 0.591. The molecule has 29 heavy (non-hydrogen) atoms. The van der Waals surface area contributed by atoms with Crippen LogP contribution in [-0.2, 0) is 19.1 Å². The molecule has 0 aromatic heterocycles. The minimum absolute atomic E-state index is 0.0607. The maximum absolute atomic E-state index is 13.2. The van der Waals surface area contributed by atoms with Crippen LogP contribution in [0.15, 0.2) is 30.3 Å². The molecule has 2 bridgehead atoms. The average Bonchev–Trinajstić information content (AvgIpc) is 3.14. The number of ether oxygens (including phenoxy) is 1. The number of nitrogens with two attached hydrogens (primary N) is 1. The topological polar surface area (TPSA) is 119 Å². The van der Waals surface area contributed by atoms with Crippen molar-refractivity contribution < 1.29 is 24.2 Å². The minimum atomic E-state index is -1.25. The fourth-order valence-corrected chi connectivity index (χ4v) is 5.19. The zero-order valence-electron chi connectivity index (χ0n) is 17.2. The Morgan fingerprint density at radius 2 is 1.90 bits per heavy atom. The van der Waals surface area contributed by atoms with Crippen molar-refractivity contribution in [3.8, 4) is 0 Å². The van der Waals surface area contributed by atoms with Gasteiger partial charge < -0.3 is 20.9 Å². The lowest BCUT2D eigenvalue weighted by Gasteiger charge is -2.42. The number of hydrogen-bond donors (Lipinski definition) is 3. The number of carbonyl (C=O) groups is 3. The van der Waals surface area contributed by atoms with Crippen LogP contribution in [0.2, 0.25) is 0 Å². The molecule has 1 aromatic carbocycles. The van der Waals surface area contributed by atoms with E-state index in [9.17, 15) is 14.4 Å². The number of aliphatic carboxylic acids is 1. The van der Waals surface area contributed by atoms with E-state index in [1.165, 1.54) is 0 Å². The molecule has 0 aliphatic heterocycles. The number of fused-ring (bicyclic) bond motifs is 2. The van der Waals surface area contributed by atoms with Gasteiger partial charge >= 0.3 is 11.9 Å². The van der Waals surface area contributed by atoms with E-state index in [1.807, 2.05) is 6.07 Å². The molecule has 7 heteroatoms. The summed E-state index contributed by atoms with van der Waals surface area (Å²) in [5.41, 5.74) is 6.05. The van der Waals surface area contributed by atoms with Gasteiger partial charge in [-0.1, -0.05) is 51.1 Å². The van der Waals surface area contributed by atoms with Crippen molar-refractivity contribution in [2.45, 2.75) is 64.6 Å². The number of benzene rings is 1. The normalized spacial score (nSPS) is 29.1. The molecular formula is C22H30N2O5. The van der Waals surface area contributed by atoms with Crippen LogP contribution < -0.4 is 11.1 Å². The van der Waals surface area contributed by atoms with Gasteiger partial charge in [0.05, 0.1) is 12.5 Å². The van der Waals surface area contributed by atoms with E-state index in [4.69, 9.17) is 15.6 Å². The summed E-state index contributed by atoms with van der Waals surface area (Å²) < 4.78 is 6.03. The molecule has 158 valence electrons. The van der Waals surface area contributed by atoms with E-state index in [1.54, 1.807) is 24.3 Å². The van der Waals surface area contributed by atoms with Crippen LogP contribution in [0.4, 0.5) is 0 Å². The zero-order valence-corrected chi connectivity index (χ0v) is 17.2. The summed E-state index contributed by atoms with van der Waals surface area (Å²) in [7, 11) is 0. The van der Waals surface area contributed by atoms with Gasteiger partial charge in [0.15, 0.2) is 6.04 Å². The molecule has 0 radical (unpaired) electrons. The van der Waals surface area contributed by atoms with E-state index in [0.717, 1.165) is 19.3 Å². The molecule has 3 rings (SSSR count). The third kappa shape index (κ3) is 4.15. The van der Waals surface area contributed by atoms with Crippen LogP contribution in [0, 0.1) is 16.7 Å². The summed E-state index contributed by atoms with van der Waals surface area (Å²) in [5.74, 6) is -1.90. The van der Waals surface area contributed by atoms with Crippen molar-refractivity contribution in [3.63, 3.8) is 0 Å². The van der Waals surface area contributed by atoms with Gasteiger partial charge in [-0.05, 0) is 30.7 Å². The summed E-state index contributed by atoms with van der Waals surface area (Å²) in [6, 6.07) is 6.50. The van der Waals surface area contributed by atoms with Crippen LogP contribution in [0.5, 0.6) is 0 Å². The largest absolute Gasteiger partial charge is 0.481 e.